The summed E-state index contributed by atoms with van der Waals surface area (Å²) < 4.78 is 5.14. The number of hydrogen-bond acceptors (Lipinski definition) is 4. The zero-order chi connectivity index (χ0) is 12.1. The fourth-order valence-electron chi connectivity index (χ4n) is 1.38. The van der Waals surface area contributed by atoms with E-state index in [2.05, 4.69) is 4.98 Å². The van der Waals surface area contributed by atoms with E-state index in [0.29, 0.717) is 11.3 Å². The molecule has 1 aromatic heterocycles. The fourth-order valence-corrected chi connectivity index (χ4v) is 1.38. The molecule has 4 nitrogen and oxygen atoms in total. The lowest BCUT2D eigenvalue weighted by molar-refractivity contribution is 0.0473. The Morgan fingerprint density at radius 2 is 2.06 bits per heavy atom. The third-order valence-corrected chi connectivity index (χ3v) is 2.31. The van der Waals surface area contributed by atoms with Crippen LogP contribution in [-0.2, 0) is 11.3 Å². The van der Waals surface area contributed by atoms with Crippen LogP contribution in [0.1, 0.15) is 15.9 Å². The van der Waals surface area contributed by atoms with E-state index in [0.717, 1.165) is 5.56 Å². The van der Waals surface area contributed by atoms with Gasteiger partial charge in [0.15, 0.2) is 0 Å². The van der Waals surface area contributed by atoms with Gasteiger partial charge in [0, 0.05) is 23.6 Å². The second-order valence-corrected chi connectivity index (χ2v) is 3.52. The van der Waals surface area contributed by atoms with E-state index in [9.17, 15) is 4.79 Å². The molecule has 0 saturated carbocycles. The largest absolute Gasteiger partial charge is 0.457 e. The summed E-state index contributed by atoms with van der Waals surface area (Å²) in [5, 5.41) is 0. The number of hydrogen-bond donors (Lipinski definition) is 1. The van der Waals surface area contributed by atoms with Gasteiger partial charge in [0.2, 0.25) is 0 Å². The van der Waals surface area contributed by atoms with Crippen molar-refractivity contribution in [1.29, 1.82) is 0 Å². The number of nitrogens with zero attached hydrogens (tertiary/aromatic N) is 1. The van der Waals surface area contributed by atoms with Gasteiger partial charge >= 0.3 is 5.97 Å². The number of esters is 1. The first kappa shape index (κ1) is 11.1. The van der Waals surface area contributed by atoms with Crippen molar-refractivity contribution in [2.45, 2.75) is 6.61 Å². The van der Waals surface area contributed by atoms with Crippen LogP contribution in [0.2, 0.25) is 0 Å². The van der Waals surface area contributed by atoms with Crippen molar-refractivity contribution in [2.24, 2.45) is 0 Å². The highest BCUT2D eigenvalue weighted by Crippen LogP contribution is 2.12. The van der Waals surface area contributed by atoms with Gasteiger partial charge in [-0.1, -0.05) is 18.2 Å². The molecule has 1 heterocycles. The van der Waals surface area contributed by atoms with Crippen molar-refractivity contribution in [3.05, 3.63) is 59.9 Å². The number of carbonyl (C=O) groups excluding carboxylic acids is 1. The van der Waals surface area contributed by atoms with E-state index in [1.165, 1.54) is 6.20 Å². The number of para-hydroxylation sites is 1. The zero-order valence-corrected chi connectivity index (χ0v) is 9.17. The Hall–Kier alpha value is -2.36. The average Bonchev–Trinajstić information content (AvgIpc) is 2.38. The van der Waals surface area contributed by atoms with Crippen LogP contribution in [0.4, 0.5) is 5.69 Å². The van der Waals surface area contributed by atoms with Crippen LogP contribution in [0.25, 0.3) is 0 Å². The number of aromatic nitrogens is 1. The minimum absolute atomic E-state index is 0.167. The molecule has 4 heteroatoms. The molecule has 0 aliphatic carbocycles. The van der Waals surface area contributed by atoms with Gasteiger partial charge in [-0.2, -0.15) is 0 Å². The van der Waals surface area contributed by atoms with Gasteiger partial charge in [-0.3, -0.25) is 4.98 Å². The van der Waals surface area contributed by atoms with Gasteiger partial charge in [-0.05, 0) is 18.2 Å². The summed E-state index contributed by atoms with van der Waals surface area (Å²) in [7, 11) is 0. The SMILES string of the molecule is Nc1ccccc1COC(=O)c1cccnc1. The number of rotatable bonds is 3. The molecule has 0 saturated heterocycles. The maximum atomic E-state index is 11.6. The highest BCUT2D eigenvalue weighted by atomic mass is 16.5. The van der Waals surface area contributed by atoms with Crippen LogP contribution in [-0.4, -0.2) is 11.0 Å². The van der Waals surface area contributed by atoms with Gasteiger partial charge in [-0.25, -0.2) is 4.79 Å². The normalized spacial score (nSPS) is 9.88. The first-order chi connectivity index (χ1) is 8.27. The van der Waals surface area contributed by atoms with Crippen molar-refractivity contribution < 1.29 is 9.53 Å². The predicted molar refractivity (Wildman–Crippen MR) is 64.2 cm³/mol. The third kappa shape index (κ3) is 2.81. The minimum Gasteiger partial charge on any atom is -0.457 e. The Labute approximate surface area is 99.1 Å². The second-order valence-electron chi connectivity index (χ2n) is 3.52. The molecule has 2 rings (SSSR count). The van der Waals surface area contributed by atoms with Crippen molar-refractivity contribution in [3.63, 3.8) is 0 Å². The van der Waals surface area contributed by atoms with E-state index in [-0.39, 0.29) is 6.61 Å². The van der Waals surface area contributed by atoms with Gasteiger partial charge in [0.1, 0.15) is 6.61 Å². The summed E-state index contributed by atoms with van der Waals surface area (Å²) >= 11 is 0. The molecule has 0 atom stereocenters. The van der Waals surface area contributed by atoms with Crippen LogP contribution < -0.4 is 5.73 Å². The van der Waals surface area contributed by atoms with Crippen LogP contribution in [0, 0.1) is 0 Å². The monoisotopic (exact) mass is 228 g/mol. The lowest BCUT2D eigenvalue weighted by atomic mass is 10.2. The van der Waals surface area contributed by atoms with Crippen LogP contribution in [0.3, 0.4) is 0 Å². The van der Waals surface area contributed by atoms with Crippen molar-refractivity contribution in [2.75, 3.05) is 5.73 Å². The number of nitrogen functional groups attached to an aromatic ring is 1. The van der Waals surface area contributed by atoms with E-state index < -0.39 is 5.97 Å². The van der Waals surface area contributed by atoms with E-state index in [1.807, 2.05) is 18.2 Å². The average molecular weight is 228 g/mol. The lowest BCUT2D eigenvalue weighted by Crippen LogP contribution is -2.06. The fraction of sp³-hybridized carbons (Fsp3) is 0.0769. The molecule has 0 bridgehead atoms. The highest BCUT2D eigenvalue weighted by Gasteiger charge is 2.07. The summed E-state index contributed by atoms with van der Waals surface area (Å²) in [6.07, 6.45) is 3.07. The predicted octanol–water partition coefficient (Wildman–Crippen LogP) is 2.02. The number of ether oxygens (including phenoxy) is 1. The van der Waals surface area contributed by atoms with Crippen molar-refractivity contribution >= 4 is 11.7 Å². The number of pyridine rings is 1. The Kier molecular flexibility index (Phi) is 3.35. The molecular weight excluding hydrogens is 216 g/mol. The molecule has 17 heavy (non-hydrogen) atoms. The Bertz CT molecular complexity index is 512. The maximum absolute atomic E-state index is 11.6. The Morgan fingerprint density at radius 1 is 1.24 bits per heavy atom. The summed E-state index contributed by atoms with van der Waals surface area (Å²) in [5.41, 5.74) is 7.59. The van der Waals surface area contributed by atoms with Gasteiger partial charge in [-0.15, -0.1) is 0 Å². The lowest BCUT2D eigenvalue weighted by Gasteiger charge is -2.06. The number of anilines is 1. The number of benzene rings is 1. The summed E-state index contributed by atoms with van der Waals surface area (Å²) in [5.74, 6) is -0.402. The standard InChI is InChI=1S/C13H12N2O2/c14-12-6-2-1-4-11(12)9-17-13(16)10-5-3-7-15-8-10/h1-8H,9,14H2. The first-order valence-corrected chi connectivity index (χ1v) is 5.18. The van der Waals surface area contributed by atoms with E-state index >= 15 is 0 Å². The van der Waals surface area contributed by atoms with Crippen LogP contribution in [0.15, 0.2) is 48.8 Å². The molecule has 0 spiro atoms. The Morgan fingerprint density at radius 3 is 2.76 bits per heavy atom. The second kappa shape index (κ2) is 5.12. The van der Waals surface area contributed by atoms with Gasteiger partial charge in [0.25, 0.3) is 0 Å². The summed E-state index contributed by atoms with van der Waals surface area (Å²) in [6, 6.07) is 10.6. The molecule has 2 aromatic rings. The molecule has 0 amide bonds. The van der Waals surface area contributed by atoms with Gasteiger partial charge in [0.05, 0.1) is 5.56 Å². The minimum atomic E-state index is -0.402. The summed E-state index contributed by atoms with van der Waals surface area (Å²) in [6.45, 7) is 0.167. The molecule has 86 valence electrons. The molecule has 0 fully saturated rings. The van der Waals surface area contributed by atoms with E-state index in [1.54, 1.807) is 24.4 Å². The van der Waals surface area contributed by atoms with Crippen molar-refractivity contribution in [3.8, 4) is 0 Å². The van der Waals surface area contributed by atoms with Crippen LogP contribution >= 0.6 is 0 Å². The topological polar surface area (TPSA) is 65.2 Å². The van der Waals surface area contributed by atoms with Crippen LogP contribution in [0.5, 0.6) is 0 Å². The summed E-state index contributed by atoms with van der Waals surface area (Å²) in [4.78, 5) is 15.5. The van der Waals surface area contributed by atoms with Crippen molar-refractivity contribution in [1.82, 2.24) is 4.98 Å². The molecular formula is C13H12N2O2. The molecule has 0 radical (unpaired) electrons. The Balaban J connectivity index is 2.00. The molecule has 2 N–H and O–H groups in total. The smallest absolute Gasteiger partial charge is 0.340 e. The number of nitrogens with two attached hydrogens (primary N) is 1. The highest BCUT2D eigenvalue weighted by molar-refractivity contribution is 5.88. The van der Waals surface area contributed by atoms with Gasteiger partial charge < -0.3 is 10.5 Å². The first-order valence-electron chi connectivity index (χ1n) is 5.18. The maximum Gasteiger partial charge on any atom is 0.340 e. The quantitative estimate of drug-likeness (QED) is 0.644. The third-order valence-electron chi connectivity index (χ3n) is 2.31. The zero-order valence-electron chi connectivity index (χ0n) is 9.17. The number of carbonyl (C=O) groups is 1. The molecule has 1 aromatic carbocycles. The molecule has 0 aliphatic rings. The molecule has 0 aliphatic heterocycles. The molecule has 0 unspecified atom stereocenters. The van der Waals surface area contributed by atoms with E-state index in [4.69, 9.17) is 10.5 Å².